The summed E-state index contributed by atoms with van der Waals surface area (Å²) in [4.78, 5) is 0. The normalized spacial score (nSPS) is 35.9. The van der Waals surface area contributed by atoms with E-state index in [1.165, 1.54) is 0 Å². The van der Waals surface area contributed by atoms with Crippen molar-refractivity contribution in [1.82, 2.24) is 0 Å². The van der Waals surface area contributed by atoms with Crippen LogP contribution < -0.4 is 9.47 Å². The van der Waals surface area contributed by atoms with Gasteiger partial charge in [0.05, 0.1) is 19.8 Å². The molecule has 1 aromatic rings. The second-order valence-electron chi connectivity index (χ2n) is 5.66. The van der Waals surface area contributed by atoms with E-state index in [9.17, 15) is 9.32 Å². The maximum atomic E-state index is 12.1. The molecule has 2 heterocycles. The third-order valence-electron chi connectivity index (χ3n) is 4.51. The lowest BCUT2D eigenvalue weighted by atomic mass is 9.85. The van der Waals surface area contributed by atoms with Gasteiger partial charge in [0.25, 0.3) is 0 Å². The van der Waals surface area contributed by atoms with E-state index < -0.39 is 16.4 Å². The van der Waals surface area contributed by atoms with Crippen molar-refractivity contribution in [3.63, 3.8) is 0 Å². The quantitative estimate of drug-likeness (QED) is 0.926. The molecule has 4 nitrogen and oxygen atoms in total. The number of aliphatic hydroxyl groups is 1. The lowest BCUT2D eigenvalue weighted by Crippen LogP contribution is -2.40. The van der Waals surface area contributed by atoms with E-state index in [-0.39, 0.29) is 10.5 Å². The standard InChI is InChI=1S/C15H20O4S/c1-18-10-3-6-14(19-2)13(7-10)15(16)8-11-4-5-12(9-15)20(11)17/h3,6-7,11-12,16H,4-5,8-9H2,1-2H3. The van der Waals surface area contributed by atoms with Gasteiger partial charge in [-0.3, -0.25) is 4.21 Å². The molecular weight excluding hydrogens is 276 g/mol. The van der Waals surface area contributed by atoms with E-state index in [0.717, 1.165) is 18.4 Å². The molecule has 2 atom stereocenters. The molecule has 0 aromatic heterocycles. The fourth-order valence-corrected chi connectivity index (χ4v) is 5.64. The highest BCUT2D eigenvalue weighted by molar-refractivity contribution is 7.86. The molecule has 0 amide bonds. The molecule has 110 valence electrons. The minimum atomic E-state index is -0.959. The van der Waals surface area contributed by atoms with Crippen LogP contribution in [0.15, 0.2) is 18.2 Å². The Morgan fingerprint density at radius 3 is 2.40 bits per heavy atom. The minimum absolute atomic E-state index is 0.106. The van der Waals surface area contributed by atoms with Gasteiger partial charge in [0.15, 0.2) is 0 Å². The summed E-state index contributed by atoms with van der Waals surface area (Å²) >= 11 is 0. The van der Waals surface area contributed by atoms with Crippen LogP contribution in [0.2, 0.25) is 0 Å². The molecule has 0 saturated carbocycles. The number of ether oxygens (including phenoxy) is 2. The van der Waals surface area contributed by atoms with Crippen LogP contribution in [0.25, 0.3) is 0 Å². The van der Waals surface area contributed by atoms with E-state index in [0.29, 0.717) is 24.3 Å². The molecule has 3 rings (SSSR count). The van der Waals surface area contributed by atoms with Crippen molar-refractivity contribution in [2.45, 2.75) is 41.8 Å². The largest absolute Gasteiger partial charge is 0.497 e. The summed E-state index contributed by atoms with van der Waals surface area (Å²) in [7, 11) is 2.42. The molecule has 0 aliphatic carbocycles. The average Bonchev–Trinajstić information content (AvgIpc) is 2.69. The van der Waals surface area contributed by atoms with Gasteiger partial charge in [0.1, 0.15) is 11.5 Å². The second kappa shape index (κ2) is 5.04. The van der Waals surface area contributed by atoms with Crippen molar-refractivity contribution in [3.8, 4) is 11.5 Å². The Labute approximate surface area is 121 Å². The predicted octanol–water partition coefficient (Wildman–Crippen LogP) is 1.96. The predicted molar refractivity (Wildman–Crippen MR) is 77.6 cm³/mol. The topological polar surface area (TPSA) is 55.8 Å². The van der Waals surface area contributed by atoms with Crippen LogP contribution in [-0.2, 0) is 16.4 Å². The van der Waals surface area contributed by atoms with Gasteiger partial charge >= 0.3 is 0 Å². The molecule has 1 aromatic carbocycles. The molecule has 5 heteroatoms. The fraction of sp³-hybridized carbons (Fsp3) is 0.600. The zero-order chi connectivity index (χ0) is 14.3. The monoisotopic (exact) mass is 296 g/mol. The first-order valence-corrected chi connectivity index (χ1v) is 8.19. The van der Waals surface area contributed by atoms with Crippen molar-refractivity contribution in [3.05, 3.63) is 23.8 Å². The van der Waals surface area contributed by atoms with Crippen molar-refractivity contribution in [2.75, 3.05) is 14.2 Å². The van der Waals surface area contributed by atoms with Gasteiger partial charge in [0.2, 0.25) is 0 Å². The zero-order valence-corrected chi connectivity index (χ0v) is 12.6. The molecule has 2 fully saturated rings. The van der Waals surface area contributed by atoms with Gasteiger partial charge in [0, 0.05) is 26.9 Å². The maximum Gasteiger partial charge on any atom is 0.125 e. The first-order valence-electron chi connectivity index (χ1n) is 6.91. The summed E-state index contributed by atoms with van der Waals surface area (Å²) in [5.74, 6) is 1.37. The fourth-order valence-electron chi connectivity index (χ4n) is 3.48. The summed E-state index contributed by atoms with van der Waals surface area (Å²) in [6.07, 6.45) is 2.98. The number of rotatable bonds is 3. The highest BCUT2D eigenvalue weighted by Crippen LogP contribution is 2.48. The number of methoxy groups -OCH3 is 2. The van der Waals surface area contributed by atoms with Crippen LogP contribution in [0.4, 0.5) is 0 Å². The van der Waals surface area contributed by atoms with Crippen molar-refractivity contribution >= 4 is 10.8 Å². The molecule has 2 unspecified atom stereocenters. The first-order chi connectivity index (χ1) is 9.57. The van der Waals surface area contributed by atoms with E-state index in [1.807, 2.05) is 18.2 Å². The lowest BCUT2D eigenvalue weighted by molar-refractivity contribution is 0.0161. The molecule has 2 aliphatic heterocycles. The molecule has 0 radical (unpaired) electrons. The van der Waals surface area contributed by atoms with Crippen LogP contribution in [0.5, 0.6) is 11.5 Å². The Morgan fingerprint density at radius 2 is 1.85 bits per heavy atom. The Balaban J connectivity index is 2.01. The smallest absolute Gasteiger partial charge is 0.125 e. The Hall–Kier alpha value is -1.07. The van der Waals surface area contributed by atoms with Crippen LogP contribution in [0.3, 0.4) is 0 Å². The van der Waals surface area contributed by atoms with Crippen LogP contribution in [0, 0.1) is 0 Å². The number of hydrogen-bond acceptors (Lipinski definition) is 4. The molecule has 2 saturated heterocycles. The van der Waals surface area contributed by atoms with Crippen molar-refractivity contribution in [1.29, 1.82) is 0 Å². The molecule has 2 bridgehead atoms. The Morgan fingerprint density at radius 1 is 1.20 bits per heavy atom. The summed E-state index contributed by atoms with van der Waals surface area (Å²) in [6.45, 7) is 0. The molecular formula is C15H20O4S. The first kappa shape index (κ1) is 13.9. The van der Waals surface area contributed by atoms with E-state index in [4.69, 9.17) is 9.47 Å². The van der Waals surface area contributed by atoms with E-state index in [1.54, 1.807) is 14.2 Å². The third kappa shape index (κ3) is 2.13. The van der Waals surface area contributed by atoms with Gasteiger partial charge in [-0.05, 0) is 43.9 Å². The average molecular weight is 296 g/mol. The summed E-state index contributed by atoms with van der Waals surface area (Å²) in [5.41, 5.74) is -0.201. The molecule has 1 N–H and O–H groups in total. The third-order valence-corrected chi connectivity index (χ3v) is 6.63. The van der Waals surface area contributed by atoms with Gasteiger partial charge in [-0.15, -0.1) is 0 Å². The Kier molecular flexibility index (Phi) is 3.50. The molecule has 0 spiro atoms. The lowest BCUT2D eigenvalue weighted by Gasteiger charge is -2.37. The zero-order valence-electron chi connectivity index (χ0n) is 11.8. The summed E-state index contributed by atoms with van der Waals surface area (Å²) in [5, 5.41) is 11.3. The highest BCUT2D eigenvalue weighted by atomic mass is 32.2. The minimum Gasteiger partial charge on any atom is -0.497 e. The van der Waals surface area contributed by atoms with Crippen LogP contribution >= 0.6 is 0 Å². The Bertz CT molecular complexity index is 527. The van der Waals surface area contributed by atoms with Crippen molar-refractivity contribution < 1.29 is 18.8 Å². The van der Waals surface area contributed by atoms with Crippen LogP contribution in [0.1, 0.15) is 31.2 Å². The van der Waals surface area contributed by atoms with Crippen molar-refractivity contribution in [2.24, 2.45) is 0 Å². The summed E-state index contributed by atoms with van der Waals surface area (Å²) < 4.78 is 22.8. The number of hydrogen-bond donors (Lipinski definition) is 1. The molecule has 2 aliphatic rings. The molecule has 20 heavy (non-hydrogen) atoms. The van der Waals surface area contributed by atoms with E-state index in [2.05, 4.69) is 0 Å². The van der Waals surface area contributed by atoms with Gasteiger partial charge < -0.3 is 14.6 Å². The van der Waals surface area contributed by atoms with Gasteiger partial charge in [-0.1, -0.05) is 0 Å². The van der Waals surface area contributed by atoms with E-state index >= 15 is 0 Å². The highest BCUT2D eigenvalue weighted by Gasteiger charge is 2.49. The maximum absolute atomic E-state index is 12.1. The number of fused-ring (bicyclic) bond motifs is 2. The second-order valence-corrected chi connectivity index (χ2v) is 7.65. The SMILES string of the molecule is COc1ccc(OC)c(C2(O)CC3CCC(C2)S3=O)c1. The summed E-state index contributed by atoms with van der Waals surface area (Å²) in [6, 6.07) is 5.48. The van der Waals surface area contributed by atoms with Gasteiger partial charge in [-0.25, -0.2) is 0 Å². The van der Waals surface area contributed by atoms with Crippen LogP contribution in [-0.4, -0.2) is 34.0 Å². The number of benzene rings is 1. The van der Waals surface area contributed by atoms with Gasteiger partial charge in [-0.2, -0.15) is 0 Å².